The minimum Gasteiger partial charge on any atom is -0.378 e. The highest BCUT2D eigenvalue weighted by Crippen LogP contribution is 2.12. The van der Waals surface area contributed by atoms with E-state index in [0.29, 0.717) is 6.54 Å². The summed E-state index contributed by atoms with van der Waals surface area (Å²) >= 11 is 0. The standard InChI is InChI=1S/C12H19N3O.2ClH/c1-9(13)12(16)14-8-10-5-4-6-11(7-10)15(2)3;;/h4-7,9H,8,13H2,1-3H3,(H,14,16);2*1H/t9-;;/m1../s1. The normalized spacial score (nSPS) is 10.7. The molecule has 3 N–H and O–H groups in total. The van der Waals surface area contributed by atoms with Crippen LogP contribution in [0.25, 0.3) is 0 Å². The topological polar surface area (TPSA) is 58.4 Å². The summed E-state index contributed by atoms with van der Waals surface area (Å²) in [7, 11) is 3.97. The molecule has 1 atom stereocenters. The van der Waals surface area contributed by atoms with Gasteiger partial charge in [-0.3, -0.25) is 4.79 Å². The van der Waals surface area contributed by atoms with E-state index in [1.807, 2.05) is 43.3 Å². The van der Waals surface area contributed by atoms with Gasteiger partial charge in [-0.05, 0) is 24.6 Å². The summed E-state index contributed by atoms with van der Waals surface area (Å²) in [5, 5.41) is 2.78. The number of hydrogen-bond acceptors (Lipinski definition) is 3. The van der Waals surface area contributed by atoms with Crippen molar-refractivity contribution < 1.29 is 4.79 Å². The smallest absolute Gasteiger partial charge is 0.236 e. The third kappa shape index (κ3) is 6.10. The number of carbonyl (C=O) groups is 1. The zero-order valence-corrected chi connectivity index (χ0v) is 12.5. The van der Waals surface area contributed by atoms with Gasteiger partial charge >= 0.3 is 0 Å². The Balaban J connectivity index is 0. The van der Waals surface area contributed by atoms with Gasteiger partial charge < -0.3 is 16.0 Å². The van der Waals surface area contributed by atoms with Gasteiger partial charge in [0.25, 0.3) is 0 Å². The highest BCUT2D eigenvalue weighted by atomic mass is 35.5. The van der Waals surface area contributed by atoms with Gasteiger partial charge in [-0.2, -0.15) is 0 Å². The van der Waals surface area contributed by atoms with Crippen molar-refractivity contribution >= 4 is 36.4 Å². The largest absolute Gasteiger partial charge is 0.378 e. The third-order valence-corrected chi connectivity index (χ3v) is 2.31. The van der Waals surface area contributed by atoms with Crippen LogP contribution in [0.2, 0.25) is 0 Å². The molecule has 18 heavy (non-hydrogen) atoms. The molecule has 0 aliphatic heterocycles. The summed E-state index contributed by atoms with van der Waals surface area (Å²) in [4.78, 5) is 13.3. The molecule has 0 bridgehead atoms. The van der Waals surface area contributed by atoms with Gasteiger partial charge in [-0.25, -0.2) is 0 Å². The summed E-state index contributed by atoms with van der Waals surface area (Å²) in [5.41, 5.74) is 7.65. The lowest BCUT2D eigenvalue weighted by Crippen LogP contribution is -2.37. The Kier molecular flexibility index (Phi) is 9.71. The van der Waals surface area contributed by atoms with E-state index in [1.165, 1.54) is 0 Å². The first-order valence-electron chi connectivity index (χ1n) is 5.30. The number of nitrogens with two attached hydrogens (primary N) is 1. The van der Waals surface area contributed by atoms with E-state index >= 15 is 0 Å². The fourth-order valence-corrected chi connectivity index (χ4v) is 1.29. The van der Waals surface area contributed by atoms with Crippen LogP contribution in [0, 0.1) is 0 Å². The lowest BCUT2D eigenvalue weighted by molar-refractivity contribution is -0.122. The Morgan fingerprint density at radius 2 is 2.00 bits per heavy atom. The van der Waals surface area contributed by atoms with Crippen LogP contribution in [-0.2, 0) is 11.3 Å². The summed E-state index contributed by atoms with van der Waals surface area (Å²) in [5.74, 6) is -0.129. The van der Waals surface area contributed by atoms with Crippen LogP contribution < -0.4 is 16.0 Å². The molecule has 0 fully saturated rings. The van der Waals surface area contributed by atoms with Gasteiger partial charge in [0.15, 0.2) is 0 Å². The second kappa shape index (κ2) is 9.03. The Hall–Kier alpha value is -0.970. The molecule has 6 heteroatoms. The van der Waals surface area contributed by atoms with Crippen LogP contribution in [-0.4, -0.2) is 26.0 Å². The fraction of sp³-hybridized carbons (Fsp3) is 0.417. The number of carbonyl (C=O) groups excluding carboxylic acids is 1. The van der Waals surface area contributed by atoms with E-state index in [0.717, 1.165) is 11.3 Å². The maximum atomic E-state index is 11.3. The Morgan fingerprint density at radius 1 is 1.39 bits per heavy atom. The average molecular weight is 294 g/mol. The van der Waals surface area contributed by atoms with Gasteiger partial charge in [0.2, 0.25) is 5.91 Å². The molecule has 0 saturated carbocycles. The van der Waals surface area contributed by atoms with Gasteiger partial charge in [0.1, 0.15) is 0 Å². The van der Waals surface area contributed by atoms with E-state index in [1.54, 1.807) is 6.92 Å². The van der Waals surface area contributed by atoms with Crippen molar-refractivity contribution in [1.82, 2.24) is 5.32 Å². The van der Waals surface area contributed by atoms with Crippen LogP contribution in [0.5, 0.6) is 0 Å². The molecule has 1 aromatic rings. The number of hydrogen-bond donors (Lipinski definition) is 2. The molecule has 1 amide bonds. The van der Waals surface area contributed by atoms with E-state index in [9.17, 15) is 4.79 Å². The van der Waals surface area contributed by atoms with Crippen LogP contribution in [0.1, 0.15) is 12.5 Å². The molecule has 0 heterocycles. The number of amides is 1. The lowest BCUT2D eigenvalue weighted by atomic mass is 10.2. The first kappa shape index (κ1) is 19.4. The van der Waals surface area contributed by atoms with Crippen molar-refractivity contribution in [2.24, 2.45) is 5.73 Å². The quantitative estimate of drug-likeness (QED) is 0.886. The van der Waals surface area contributed by atoms with Crippen molar-refractivity contribution in [1.29, 1.82) is 0 Å². The summed E-state index contributed by atoms with van der Waals surface area (Å²) in [6, 6.07) is 7.56. The first-order chi connectivity index (χ1) is 7.50. The van der Waals surface area contributed by atoms with Crippen molar-refractivity contribution in [3.63, 3.8) is 0 Å². The summed E-state index contributed by atoms with van der Waals surface area (Å²) in [6.45, 7) is 2.19. The molecule has 0 radical (unpaired) electrons. The zero-order chi connectivity index (χ0) is 12.1. The molecule has 1 rings (SSSR count). The molecule has 0 aliphatic rings. The predicted molar refractivity (Wildman–Crippen MR) is 80.8 cm³/mol. The molecular weight excluding hydrogens is 273 g/mol. The van der Waals surface area contributed by atoms with Crippen LogP contribution in [0.3, 0.4) is 0 Å². The fourth-order valence-electron chi connectivity index (χ4n) is 1.29. The van der Waals surface area contributed by atoms with E-state index in [4.69, 9.17) is 5.73 Å². The van der Waals surface area contributed by atoms with Crippen LogP contribution >= 0.6 is 24.8 Å². The molecule has 0 unspecified atom stereocenters. The second-order valence-electron chi connectivity index (χ2n) is 4.07. The molecule has 1 aromatic carbocycles. The maximum absolute atomic E-state index is 11.3. The Labute approximate surface area is 121 Å². The second-order valence-corrected chi connectivity index (χ2v) is 4.07. The Morgan fingerprint density at radius 3 is 2.50 bits per heavy atom. The first-order valence-corrected chi connectivity index (χ1v) is 5.30. The minimum atomic E-state index is -0.461. The van der Waals surface area contributed by atoms with Crippen molar-refractivity contribution in [2.75, 3.05) is 19.0 Å². The molecule has 4 nitrogen and oxygen atoms in total. The van der Waals surface area contributed by atoms with E-state index in [-0.39, 0.29) is 30.7 Å². The average Bonchev–Trinajstić information content (AvgIpc) is 2.26. The van der Waals surface area contributed by atoms with Gasteiger partial charge in [0, 0.05) is 26.3 Å². The summed E-state index contributed by atoms with van der Waals surface area (Å²) in [6.07, 6.45) is 0. The number of benzene rings is 1. The van der Waals surface area contributed by atoms with Gasteiger partial charge in [-0.1, -0.05) is 12.1 Å². The maximum Gasteiger partial charge on any atom is 0.236 e. The van der Waals surface area contributed by atoms with Crippen molar-refractivity contribution in [3.05, 3.63) is 29.8 Å². The Bertz CT molecular complexity index is 370. The van der Waals surface area contributed by atoms with Gasteiger partial charge in [0.05, 0.1) is 6.04 Å². The molecule has 0 aromatic heterocycles. The predicted octanol–water partition coefficient (Wildman–Crippen LogP) is 1.56. The summed E-state index contributed by atoms with van der Waals surface area (Å²) < 4.78 is 0. The molecule has 0 spiro atoms. The number of rotatable bonds is 4. The van der Waals surface area contributed by atoms with Crippen LogP contribution in [0.4, 0.5) is 5.69 Å². The highest BCUT2D eigenvalue weighted by Gasteiger charge is 2.06. The molecular formula is C12H21Cl2N3O. The van der Waals surface area contributed by atoms with E-state index in [2.05, 4.69) is 5.32 Å². The monoisotopic (exact) mass is 293 g/mol. The van der Waals surface area contributed by atoms with E-state index < -0.39 is 6.04 Å². The number of nitrogens with one attached hydrogen (secondary N) is 1. The third-order valence-electron chi connectivity index (χ3n) is 2.31. The SMILES string of the molecule is C[C@@H](N)C(=O)NCc1cccc(N(C)C)c1.Cl.Cl. The number of halogens is 2. The zero-order valence-electron chi connectivity index (χ0n) is 10.8. The number of anilines is 1. The highest BCUT2D eigenvalue weighted by molar-refractivity contribution is 5.85. The lowest BCUT2D eigenvalue weighted by Gasteiger charge is -2.14. The van der Waals surface area contributed by atoms with Crippen molar-refractivity contribution in [3.8, 4) is 0 Å². The molecule has 0 aliphatic carbocycles. The van der Waals surface area contributed by atoms with Crippen molar-refractivity contribution in [2.45, 2.75) is 19.5 Å². The molecule has 0 saturated heterocycles. The molecule has 104 valence electrons. The number of nitrogens with zero attached hydrogens (tertiary/aromatic N) is 1. The minimum absolute atomic E-state index is 0. The van der Waals surface area contributed by atoms with Crippen LogP contribution in [0.15, 0.2) is 24.3 Å². The van der Waals surface area contributed by atoms with Gasteiger partial charge in [-0.15, -0.1) is 24.8 Å².